The van der Waals surface area contributed by atoms with Crippen LogP contribution >= 0.6 is 0 Å². The minimum atomic E-state index is -0.404. The Hall–Kier alpha value is -4.27. The normalized spacial score (nSPS) is 13.2. The second-order valence-corrected chi connectivity index (χ2v) is 8.55. The predicted molar refractivity (Wildman–Crippen MR) is 141 cm³/mol. The quantitative estimate of drug-likeness (QED) is 0.420. The summed E-state index contributed by atoms with van der Waals surface area (Å²) in [6.07, 6.45) is 1.55. The number of anilines is 4. The third-order valence-electron chi connectivity index (χ3n) is 5.99. The molecule has 188 valence electrons. The lowest BCUT2D eigenvalue weighted by molar-refractivity contribution is -0.117. The van der Waals surface area contributed by atoms with E-state index in [1.807, 2.05) is 55.5 Å². The van der Waals surface area contributed by atoms with Crippen LogP contribution in [0.2, 0.25) is 0 Å². The number of carbonyl (C=O) groups is 2. The zero-order chi connectivity index (χ0) is 25.3. The van der Waals surface area contributed by atoms with E-state index < -0.39 is 5.91 Å². The first-order valence-electron chi connectivity index (χ1n) is 12.1. The molecule has 2 amide bonds. The van der Waals surface area contributed by atoms with Crippen molar-refractivity contribution in [3.63, 3.8) is 0 Å². The molecule has 1 saturated heterocycles. The van der Waals surface area contributed by atoms with Crippen LogP contribution in [0.1, 0.15) is 18.1 Å². The first-order valence-corrected chi connectivity index (χ1v) is 12.1. The number of amides is 2. The van der Waals surface area contributed by atoms with Gasteiger partial charge in [0.15, 0.2) is 0 Å². The van der Waals surface area contributed by atoms with Crippen LogP contribution in [-0.2, 0) is 22.5 Å². The van der Waals surface area contributed by atoms with Gasteiger partial charge in [-0.1, -0.05) is 30.3 Å². The number of carbonyl (C=O) groups excluding carboxylic acids is 2. The van der Waals surface area contributed by atoms with Gasteiger partial charge in [0.05, 0.1) is 13.0 Å². The maximum absolute atomic E-state index is 11.9. The van der Waals surface area contributed by atoms with Crippen LogP contribution in [0.4, 0.5) is 27.7 Å². The number of hydrogen-bond acceptors (Lipinski definition) is 7. The van der Waals surface area contributed by atoms with Crippen molar-refractivity contribution in [2.45, 2.75) is 19.9 Å². The number of primary amides is 1. The van der Waals surface area contributed by atoms with E-state index in [-0.39, 0.29) is 12.5 Å². The summed E-state index contributed by atoms with van der Waals surface area (Å²) in [5, 5.41) is 6.74. The van der Waals surface area contributed by atoms with Crippen LogP contribution in [-0.4, -0.2) is 54.7 Å². The highest BCUT2D eigenvalue weighted by Crippen LogP contribution is 2.25. The maximum Gasteiger partial charge on any atom is 0.409 e. The van der Waals surface area contributed by atoms with Gasteiger partial charge in [0.2, 0.25) is 5.91 Å². The second kappa shape index (κ2) is 11.9. The largest absolute Gasteiger partial charge is 0.450 e. The van der Waals surface area contributed by atoms with Crippen LogP contribution < -0.4 is 21.3 Å². The van der Waals surface area contributed by atoms with E-state index in [1.165, 1.54) is 0 Å². The Morgan fingerprint density at radius 1 is 1.03 bits per heavy atom. The van der Waals surface area contributed by atoms with E-state index in [0.29, 0.717) is 32.1 Å². The molecule has 0 atom stereocenters. The fourth-order valence-corrected chi connectivity index (χ4v) is 4.10. The van der Waals surface area contributed by atoms with Crippen LogP contribution in [0.5, 0.6) is 0 Å². The van der Waals surface area contributed by atoms with Gasteiger partial charge in [0.1, 0.15) is 5.82 Å². The number of nitrogens with zero attached hydrogens (tertiary/aromatic N) is 3. The summed E-state index contributed by atoms with van der Waals surface area (Å²) in [6, 6.07) is 20.0. The van der Waals surface area contributed by atoms with Gasteiger partial charge in [-0.15, -0.1) is 0 Å². The third-order valence-corrected chi connectivity index (χ3v) is 5.99. The summed E-state index contributed by atoms with van der Waals surface area (Å²) in [7, 11) is 0. The number of aromatic nitrogens is 1. The molecule has 1 aromatic heterocycles. The molecule has 0 spiro atoms. The molecule has 2 aromatic carbocycles. The first-order chi connectivity index (χ1) is 17.5. The van der Waals surface area contributed by atoms with Gasteiger partial charge >= 0.3 is 6.09 Å². The Morgan fingerprint density at radius 2 is 1.75 bits per heavy atom. The molecule has 0 unspecified atom stereocenters. The van der Waals surface area contributed by atoms with Crippen molar-refractivity contribution < 1.29 is 14.3 Å². The Balaban J connectivity index is 1.39. The van der Waals surface area contributed by atoms with Crippen LogP contribution in [0.3, 0.4) is 0 Å². The van der Waals surface area contributed by atoms with Crippen molar-refractivity contribution in [3.8, 4) is 0 Å². The number of hydrogen-bond donors (Lipinski definition) is 3. The van der Waals surface area contributed by atoms with Crippen LogP contribution in [0.25, 0.3) is 0 Å². The maximum atomic E-state index is 11.9. The molecule has 9 heteroatoms. The number of nitrogens with one attached hydrogen (secondary N) is 2. The van der Waals surface area contributed by atoms with Crippen molar-refractivity contribution in [3.05, 3.63) is 78.0 Å². The number of pyridine rings is 1. The molecule has 3 aromatic rings. The minimum absolute atomic E-state index is 0.114. The van der Waals surface area contributed by atoms with Crippen molar-refractivity contribution in [2.24, 2.45) is 5.73 Å². The Bertz CT molecular complexity index is 1160. The van der Waals surface area contributed by atoms with Gasteiger partial charge < -0.3 is 30.9 Å². The van der Waals surface area contributed by atoms with E-state index in [1.54, 1.807) is 11.1 Å². The van der Waals surface area contributed by atoms with Crippen LogP contribution in [0, 0.1) is 0 Å². The molecular weight excluding hydrogens is 456 g/mol. The summed E-state index contributed by atoms with van der Waals surface area (Å²) >= 11 is 0. The number of benzene rings is 2. The topological polar surface area (TPSA) is 113 Å². The molecule has 0 saturated carbocycles. The number of piperazine rings is 1. The molecule has 1 fully saturated rings. The Labute approximate surface area is 211 Å². The molecular formula is C27H32N6O3. The van der Waals surface area contributed by atoms with Crippen molar-refractivity contribution in [1.29, 1.82) is 0 Å². The molecule has 4 rings (SSSR count). The van der Waals surface area contributed by atoms with Crippen molar-refractivity contribution in [1.82, 2.24) is 9.88 Å². The predicted octanol–water partition coefficient (Wildman–Crippen LogP) is 3.74. The SMILES string of the molecule is CCOC(=O)N1CCN(c2ccc(Nc3cc(NCc4ccccc4)c(CC(N)=O)cn3)cc2)CC1. The highest BCUT2D eigenvalue weighted by Gasteiger charge is 2.22. The van der Waals surface area contributed by atoms with Crippen molar-refractivity contribution in [2.75, 3.05) is 48.3 Å². The third kappa shape index (κ3) is 6.65. The lowest BCUT2D eigenvalue weighted by Crippen LogP contribution is -2.49. The lowest BCUT2D eigenvalue weighted by atomic mass is 10.1. The molecule has 2 heterocycles. The first kappa shape index (κ1) is 24.8. The molecule has 0 radical (unpaired) electrons. The highest BCUT2D eigenvalue weighted by atomic mass is 16.6. The summed E-state index contributed by atoms with van der Waals surface area (Å²) in [5.74, 6) is 0.258. The van der Waals surface area contributed by atoms with E-state index in [2.05, 4.69) is 32.7 Å². The van der Waals surface area contributed by atoms with E-state index in [0.717, 1.165) is 41.3 Å². The van der Waals surface area contributed by atoms with Gasteiger partial charge in [-0.2, -0.15) is 0 Å². The molecule has 1 aliphatic heterocycles. The van der Waals surface area contributed by atoms with Crippen LogP contribution in [0.15, 0.2) is 66.9 Å². The van der Waals surface area contributed by atoms with Gasteiger partial charge in [-0.25, -0.2) is 9.78 Å². The van der Waals surface area contributed by atoms with Gasteiger partial charge in [0.25, 0.3) is 0 Å². The summed E-state index contributed by atoms with van der Waals surface area (Å²) in [4.78, 5) is 31.9. The average Bonchev–Trinajstić information content (AvgIpc) is 2.90. The molecule has 36 heavy (non-hydrogen) atoms. The second-order valence-electron chi connectivity index (χ2n) is 8.55. The van der Waals surface area contributed by atoms with Gasteiger partial charge in [0, 0.05) is 67.6 Å². The number of nitrogens with two attached hydrogens (primary N) is 1. The molecule has 9 nitrogen and oxygen atoms in total. The fourth-order valence-electron chi connectivity index (χ4n) is 4.10. The highest BCUT2D eigenvalue weighted by molar-refractivity contribution is 5.79. The average molecular weight is 489 g/mol. The molecule has 0 bridgehead atoms. The van der Waals surface area contributed by atoms with Gasteiger partial charge in [-0.3, -0.25) is 4.79 Å². The number of rotatable bonds is 9. The van der Waals surface area contributed by atoms with E-state index in [4.69, 9.17) is 10.5 Å². The number of ether oxygens (including phenoxy) is 1. The molecule has 1 aliphatic rings. The van der Waals surface area contributed by atoms with E-state index >= 15 is 0 Å². The smallest absolute Gasteiger partial charge is 0.409 e. The summed E-state index contributed by atoms with van der Waals surface area (Å²) in [6.45, 7) is 5.61. The zero-order valence-electron chi connectivity index (χ0n) is 20.4. The lowest BCUT2D eigenvalue weighted by Gasteiger charge is -2.35. The summed E-state index contributed by atoms with van der Waals surface area (Å²) in [5.41, 5.74) is 10.1. The molecule has 4 N–H and O–H groups in total. The summed E-state index contributed by atoms with van der Waals surface area (Å²) < 4.78 is 5.09. The zero-order valence-corrected chi connectivity index (χ0v) is 20.4. The molecule has 0 aliphatic carbocycles. The van der Waals surface area contributed by atoms with Crippen molar-refractivity contribution >= 4 is 34.9 Å². The van der Waals surface area contributed by atoms with Gasteiger partial charge in [-0.05, 0) is 36.8 Å². The monoisotopic (exact) mass is 488 g/mol. The fraction of sp³-hybridized carbons (Fsp3) is 0.296. The minimum Gasteiger partial charge on any atom is -0.450 e. The standard InChI is InChI=1S/C27H32N6O3/c1-2-36-27(35)33-14-12-32(13-15-33)23-10-8-22(9-11-23)31-26-17-24(21(19-30-26)16-25(28)34)29-18-20-6-4-3-5-7-20/h3-11,17,19H,2,12-16,18H2,1H3,(H2,28,34)(H2,29,30,31). The van der Waals surface area contributed by atoms with E-state index in [9.17, 15) is 9.59 Å². The Morgan fingerprint density at radius 3 is 2.42 bits per heavy atom. The Kier molecular flexibility index (Phi) is 8.23.